The summed E-state index contributed by atoms with van der Waals surface area (Å²) in [5, 5.41) is 3.64. The largest absolute Gasteiger partial charge is 0.399 e. The van der Waals surface area contributed by atoms with Crippen LogP contribution in [0.15, 0.2) is 48.5 Å². The van der Waals surface area contributed by atoms with Crippen LogP contribution in [0.1, 0.15) is 25.7 Å². The SMILES string of the molecule is Nc1cccc(-c2nc3ccccc3n2CCC2CCCCN2)c1. The van der Waals surface area contributed by atoms with Crippen molar-refractivity contribution >= 4 is 16.7 Å². The molecule has 24 heavy (non-hydrogen) atoms. The molecule has 2 aromatic carbocycles. The zero-order valence-corrected chi connectivity index (χ0v) is 13.9. The maximum absolute atomic E-state index is 5.98. The number of hydrogen-bond acceptors (Lipinski definition) is 3. The fourth-order valence-electron chi connectivity index (χ4n) is 3.66. The minimum Gasteiger partial charge on any atom is -0.399 e. The minimum absolute atomic E-state index is 0.619. The van der Waals surface area contributed by atoms with Gasteiger partial charge < -0.3 is 15.6 Å². The number of nitrogens with zero attached hydrogens (tertiary/aromatic N) is 2. The third kappa shape index (κ3) is 3.02. The lowest BCUT2D eigenvalue weighted by molar-refractivity contribution is 0.368. The van der Waals surface area contributed by atoms with E-state index < -0.39 is 0 Å². The Morgan fingerprint density at radius 2 is 2.04 bits per heavy atom. The Morgan fingerprint density at radius 3 is 2.88 bits per heavy atom. The van der Waals surface area contributed by atoms with E-state index in [0.29, 0.717) is 6.04 Å². The Bertz CT molecular complexity index is 831. The van der Waals surface area contributed by atoms with Crippen LogP contribution in [0.25, 0.3) is 22.4 Å². The smallest absolute Gasteiger partial charge is 0.141 e. The molecular weight excluding hydrogens is 296 g/mol. The first kappa shape index (κ1) is 15.2. The lowest BCUT2D eigenvalue weighted by Gasteiger charge is -2.24. The topological polar surface area (TPSA) is 55.9 Å². The normalized spacial score (nSPS) is 18.1. The van der Waals surface area contributed by atoms with Gasteiger partial charge in [0, 0.05) is 23.8 Å². The van der Waals surface area contributed by atoms with Gasteiger partial charge in [-0.15, -0.1) is 0 Å². The van der Waals surface area contributed by atoms with Crippen LogP contribution in [0.3, 0.4) is 0 Å². The molecule has 4 rings (SSSR count). The molecule has 1 atom stereocenters. The molecule has 1 aliphatic rings. The first-order valence-electron chi connectivity index (χ1n) is 8.86. The highest BCUT2D eigenvalue weighted by Crippen LogP contribution is 2.27. The first-order valence-corrected chi connectivity index (χ1v) is 8.86. The van der Waals surface area contributed by atoms with Crippen molar-refractivity contribution < 1.29 is 0 Å². The number of imidazole rings is 1. The van der Waals surface area contributed by atoms with Gasteiger partial charge in [0.1, 0.15) is 5.82 Å². The van der Waals surface area contributed by atoms with Crippen molar-refractivity contribution in [3.8, 4) is 11.4 Å². The highest BCUT2D eigenvalue weighted by molar-refractivity contribution is 5.81. The van der Waals surface area contributed by atoms with E-state index in [4.69, 9.17) is 10.7 Å². The molecule has 1 aromatic heterocycles. The monoisotopic (exact) mass is 320 g/mol. The van der Waals surface area contributed by atoms with Gasteiger partial charge in [0.25, 0.3) is 0 Å². The average Bonchev–Trinajstić information content (AvgIpc) is 2.99. The predicted molar refractivity (Wildman–Crippen MR) is 99.8 cm³/mol. The number of para-hydroxylation sites is 2. The molecular formula is C20H24N4. The second-order valence-electron chi connectivity index (χ2n) is 6.64. The molecule has 0 spiro atoms. The van der Waals surface area contributed by atoms with E-state index in [0.717, 1.165) is 42.1 Å². The maximum atomic E-state index is 5.98. The van der Waals surface area contributed by atoms with E-state index in [2.05, 4.69) is 34.1 Å². The molecule has 0 aliphatic carbocycles. The minimum atomic E-state index is 0.619. The summed E-state index contributed by atoms with van der Waals surface area (Å²) in [5.74, 6) is 1.01. The van der Waals surface area contributed by atoms with Gasteiger partial charge in [-0.2, -0.15) is 0 Å². The number of aromatic nitrogens is 2. The van der Waals surface area contributed by atoms with Crippen molar-refractivity contribution in [3.63, 3.8) is 0 Å². The van der Waals surface area contributed by atoms with E-state index in [9.17, 15) is 0 Å². The number of aryl methyl sites for hydroxylation is 1. The number of anilines is 1. The molecule has 4 nitrogen and oxygen atoms in total. The Balaban J connectivity index is 1.70. The van der Waals surface area contributed by atoms with Crippen molar-refractivity contribution in [1.82, 2.24) is 14.9 Å². The molecule has 124 valence electrons. The van der Waals surface area contributed by atoms with E-state index in [-0.39, 0.29) is 0 Å². The number of rotatable bonds is 4. The molecule has 3 N–H and O–H groups in total. The number of piperidine rings is 1. The van der Waals surface area contributed by atoms with Crippen molar-refractivity contribution in [2.24, 2.45) is 0 Å². The first-order chi connectivity index (χ1) is 11.8. The summed E-state index contributed by atoms with van der Waals surface area (Å²) in [5.41, 5.74) is 10.1. The predicted octanol–water partition coefficient (Wildman–Crippen LogP) is 3.82. The van der Waals surface area contributed by atoms with E-state index in [1.807, 2.05) is 24.3 Å². The van der Waals surface area contributed by atoms with E-state index in [1.165, 1.54) is 24.8 Å². The number of fused-ring (bicyclic) bond motifs is 1. The summed E-state index contributed by atoms with van der Waals surface area (Å²) in [6.07, 6.45) is 5.05. The van der Waals surface area contributed by atoms with Gasteiger partial charge in [0.15, 0.2) is 0 Å². The van der Waals surface area contributed by atoms with Gasteiger partial charge in [-0.3, -0.25) is 0 Å². The second kappa shape index (κ2) is 6.65. The Labute approximate surface area is 142 Å². The van der Waals surface area contributed by atoms with Crippen LogP contribution < -0.4 is 11.1 Å². The summed E-state index contributed by atoms with van der Waals surface area (Å²) >= 11 is 0. The Kier molecular flexibility index (Phi) is 4.22. The van der Waals surface area contributed by atoms with Crippen LogP contribution >= 0.6 is 0 Å². The quantitative estimate of drug-likeness (QED) is 0.719. The van der Waals surface area contributed by atoms with Crippen LogP contribution in [0.4, 0.5) is 5.69 Å². The van der Waals surface area contributed by atoms with Crippen molar-refractivity contribution in [2.75, 3.05) is 12.3 Å². The summed E-state index contributed by atoms with van der Waals surface area (Å²) in [7, 11) is 0. The van der Waals surface area contributed by atoms with Crippen LogP contribution in [0, 0.1) is 0 Å². The van der Waals surface area contributed by atoms with Crippen molar-refractivity contribution in [3.05, 3.63) is 48.5 Å². The zero-order chi connectivity index (χ0) is 16.4. The molecule has 1 aliphatic heterocycles. The van der Waals surface area contributed by atoms with Crippen molar-refractivity contribution in [1.29, 1.82) is 0 Å². The Hall–Kier alpha value is -2.33. The summed E-state index contributed by atoms with van der Waals surface area (Å²) in [4.78, 5) is 4.87. The standard InChI is InChI=1S/C20H24N4/c21-16-7-5-6-15(14-16)20-23-18-9-1-2-10-19(18)24(20)13-11-17-8-3-4-12-22-17/h1-2,5-7,9-10,14,17,22H,3-4,8,11-13,21H2. The number of nitrogens with one attached hydrogen (secondary N) is 1. The Morgan fingerprint density at radius 1 is 1.12 bits per heavy atom. The van der Waals surface area contributed by atoms with Gasteiger partial charge in [-0.05, 0) is 50.1 Å². The average molecular weight is 320 g/mol. The lowest BCUT2D eigenvalue weighted by atomic mass is 10.0. The summed E-state index contributed by atoms with van der Waals surface area (Å²) in [6, 6.07) is 17.0. The summed E-state index contributed by atoms with van der Waals surface area (Å²) in [6.45, 7) is 2.12. The third-order valence-corrected chi connectivity index (χ3v) is 4.91. The molecule has 0 amide bonds. The van der Waals surface area contributed by atoms with Gasteiger partial charge in [0.05, 0.1) is 11.0 Å². The lowest BCUT2D eigenvalue weighted by Crippen LogP contribution is -2.34. The molecule has 0 radical (unpaired) electrons. The van der Waals surface area contributed by atoms with Gasteiger partial charge in [-0.1, -0.05) is 30.7 Å². The van der Waals surface area contributed by atoms with Crippen LogP contribution in [-0.4, -0.2) is 22.1 Å². The number of nitrogens with two attached hydrogens (primary N) is 1. The van der Waals surface area contributed by atoms with Crippen LogP contribution in [0.5, 0.6) is 0 Å². The molecule has 2 heterocycles. The van der Waals surface area contributed by atoms with E-state index in [1.54, 1.807) is 0 Å². The summed E-state index contributed by atoms with van der Waals surface area (Å²) < 4.78 is 2.35. The van der Waals surface area contributed by atoms with Gasteiger partial charge in [-0.25, -0.2) is 4.98 Å². The number of hydrogen-bond donors (Lipinski definition) is 2. The number of benzene rings is 2. The maximum Gasteiger partial charge on any atom is 0.141 e. The fraction of sp³-hybridized carbons (Fsp3) is 0.350. The molecule has 1 fully saturated rings. The van der Waals surface area contributed by atoms with Crippen molar-refractivity contribution in [2.45, 2.75) is 38.3 Å². The molecule has 1 saturated heterocycles. The van der Waals surface area contributed by atoms with Crippen LogP contribution in [0.2, 0.25) is 0 Å². The second-order valence-corrected chi connectivity index (χ2v) is 6.64. The van der Waals surface area contributed by atoms with Crippen LogP contribution in [-0.2, 0) is 6.54 Å². The molecule has 0 bridgehead atoms. The highest BCUT2D eigenvalue weighted by Gasteiger charge is 2.16. The zero-order valence-electron chi connectivity index (χ0n) is 13.9. The molecule has 3 aromatic rings. The van der Waals surface area contributed by atoms with Gasteiger partial charge >= 0.3 is 0 Å². The fourth-order valence-corrected chi connectivity index (χ4v) is 3.66. The highest BCUT2D eigenvalue weighted by atomic mass is 15.1. The third-order valence-electron chi connectivity index (χ3n) is 4.91. The van der Waals surface area contributed by atoms with Gasteiger partial charge in [0.2, 0.25) is 0 Å². The number of nitrogen functional groups attached to an aromatic ring is 1. The van der Waals surface area contributed by atoms with E-state index >= 15 is 0 Å². The molecule has 1 unspecified atom stereocenters. The molecule has 4 heteroatoms. The molecule has 0 saturated carbocycles.